The van der Waals surface area contributed by atoms with E-state index >= 15 is 0 Å². The zero-order valence-corrected chi connectivity index (χ0v) is 29.8. The normalized spacial score (nSPS) is 19.6. The SMILES string of the molecule is Cn1cc(-c2cc(Cl)c(C(=O)N3CCN(C(=O)CN4CCC(c5ccc(NC6CCC(=O)NC6=O)cc5)CC4)CC3)cc2Cl)c2c(c1=O)CN=C2. The van der Waals surface area contributed by atoms with Crippen LogP contribution in [0.25, 0.3) is 11.1 Å². The van der Waals surface area contributed by atoms with Gasteiger partial charge in [-0.3, -0.25) is 39.2 Å². The third-order valence-corrected chi connectivity index (χ3v) is 11.0. The summed E-state index contributed by atoms with van der Waals surface area (Å²) in [5, 5.41) is 6.21. The van der Waals surface area contributed by atoms with Crippen molar-refractivity contribution in [1.82, 2.24) is 24.6 Å². The minimum Gasteiger partial charge on any atom is -0.374 e. The number of piperidine rings is 2. The molecule has 2 N–H and O–H groups in total. The molecular formula is C37H39Cl2N7O5. The first-order chi connectivity index (χ1) is 24.5. The van der Waals surface area contributed by atoms with Gasteiger partial charge in [-0.1, -0.05) is 35.3 Å². The van der Waals surface area contributed by atoms with E-state index in [4.69, 9.17) is 23.2 Å². The van der Waals surface area contributed by atoms with Crippen LogP contribution in [-0.4, -0.2) is 101 Å². The number of aryl methyl sites for hydroxylation is 1. The first-order valence-electron chi connectivity index (χ1n) is 17.3. The number of amides is 4. The molecule has 14 heteroatoms. The van der Waals surface area contributed by atoms with Crippen LogP contribution in [0.15, 0.2) is 52.4 Å². The minimum absolute atomic E-state index is 0.0585. The molecule has 1 unspecified atom stereocenters. The van der Waals surface area contributed by atoms with Crippen LogP contribution in [0.3, 0.4) is 0 Å². The number of hydrogen-bond donors (Lipinski definition) is 2. The van der Waals surface area contributed by atoms with Crippen molar-refractivity contribution in [3.05, 3.63) is 85.2 Å². The summed E-state index contributed by atoms with van der Waals surface area (Å²) in [6.07, 6.45) is 6.08. The van der Waals surface area contributed by atoms with Gasteiger partial charge in [0.1, 0.15) is 6.04 Å². The Kier molecular flexibility index (Phi) is 10.00. The highest BCUT2D eigenvalue weighted by Gasteiger charge is 2.30. The van der Waals surface area contributed by atoms with Gasteiger partial charge in [0.25, 0.3) is 11.5 Å². The van der Waals surface area contributed by atoms with Gasteiger partial charge in [-0.2, -0.15) is 0 Å². The molecule has 266 valence electrons. The van der Waals surface area contributed by atoms with Crippen molar-refractivity contribution < 1.29 is 19.2 Å². The molecule has 0 saturated carbocycles. The molecular weight excluding hydrogens is 693 g/mol. The number of carbonyl (C=O) groups is 4. The van der Waals surface area contributed by atoms with Crippen molar-refractivity contribution in [2.24, 2.45) is 12.0 Å². The number of imide groups is 1. The Morgan fingerprint density at radius 1 is 0.902 bits per heavy atom. The fourth-order valence-electron chi connectivity index (χ4n) is 7.40. The second kappa shape index (κ2) is 14.6. The van der Waals surface area contributed by atoms with Crippen molar-refractivity contribution in [3.8, 4) is 11.1 Å². The van der Waals surface area contributed by atoms with Crippen molar-refractivity contribution in [3.63, 3.8) is 0 Å². The van der Waals surface area contributed by atoms with Crippen LogP contribution in [-0.2, 0) is 28.0 Å². The highest BCUT2D eigenvalue weighted by Crippen LogP contribution is 2.36. The van der Waals surface area contributed by atoms with E-state index in [0.717, 1.165) is 37.2 Å². The lowest BCUT2D eigenvalue weighted by Crippen LogP contribution is -2.53. The Morgan fingerprint density at radius 2 is 1.61 bits per heavy atom. The number of nitrogens with zero attached hydrogens (tertiary/aromatic N) is 5. The third kappa shape index (κ3) is 7.31. The number of likely N-dealkylation sites (tertiary alicyclic amines) is 1. The molecule has 3 fully saturated rings. The van der Waals surface area contributed by atoms with Gasteiger partial charge in [0.15, 0.2) is 0 Å². The van der Waals surface area contributed by atoms with E-state index in [1.807, 2.05) is 17.0 Å². The summed E-state index contributed by atoms with van der Waals surface area (Å²) in [5.41, 5.74) is 4.93. The minimum atomic E-state index is -0.412. The Balaban J connectivity index is 0.890. The monoisotopic (exact) mass is 731 g/mol. The van der Waals surface area contributed by atoms with Gasteiger partial charge >= 0.3 is 0 Å². The number of anilines is 1. The summed E-state index contributed by atoms with van der Waals surface area (Å²) in [6.45, 7) is 3.95. The van der Waals surface area contributed by atoms with Gasteiger partial charge in [-0.05, 0) is 68.1 Å². The number of carbonyl (C=O) groups excluding carboxylic acids is 4. The fourth-order valence-corrected chi connectivity index (χ4v) is 7.91. The average molecular weight is 733 g/mol. The molecule has 0 radical (unpaired) electrons. The van der Waals surface area contributed by atoms with Gasteiger partial charge in [0.05, 0.1) is 23.7 Å². The first-order valence-corrected chi connectivity index (χ1v) is 18.0. The summed E-state index contributed by atoms with van der Waals surface area (Å²) in [4.78, 5) is 72.8. The Bertz CT molecular complexity index is 1980. The van der Waals surface area contributed by atoms with E-state index in [0.29, 0.717) is 85.3 Å². The number of halogens is 2. The van der Waals surface area contributed by atoms with Crippen LogP contribution in [0.1, 0.15) is 58.6 Å². The molecule has 0 bridgehead atoms. The first kappa shape index (κ1) is 34.9. The molecule has 2 aromatic carbocycles. The van der Waals surface area contributed by atoms with Gasteiger partial charge in [-0.25, -0.2) is 0 Å². The Morgan fingerprint density at radius 3 is 2.31 bits per heavy atom. The van der Waals surface area contributed by atoms with Crippen LogP contribution < -0.4 is 16.2 Å². The van der Waals surface area contributed by atoms with Crippen molar-refractivity contribution in [1.29, 1.82) is 0 Å². The summed E-state index contributed by atoms with van der Waals surface area (Å²) in [5.74, 6) is -0.311. The number of fused-ring (bicyclic) bond motifs is 1. The average Bonchev–Trinajstić information content (AvgIpc) is 3.63. The summed E-state index contributed by atoms with van der Waals surface area (Å²) in [7, 11) is 1.68. The maximum atomic E-state index is 13.6. The van der Waals surface area contributed by atoms with Crippen molar-refractivity contribution in [2.75, 3.05) is 51.1 Å². The van der Waals surface area contributed by atoms with Gasteiger partial charge in [0, 0.05) is 85.0 Å². The zero-order chi connectivity index (χ0) is 35.8. The summed E-state index contributed by atoms with van der Waals surface area (Å²) < 4.78 is 1.50. The molecule has 3 aromatic rings. The highest BCUT2D eigenvalue weighted by atomic mass is 35.5. The molecule has 4 aliphatic rings. The Hall–Kier alpha value is -4.52. The van der Waals surface area contributed by atoms with Crippen molar-refractivity contribution >= 4 is 58.7 Å². The predicted molar refractivity (Wildman–Crippen MR) is 196 cm³/mol. The number of benzene rings is 2. The highest BCUT2D eigenvalue weighted by molar-refractivity contribution is 6.37. The zero-order valence-electron chi connectivity index (χ0n) is 28.3. The lowest BCUT2D eigenvalue weighted by Gasteiger charge is -2.37. The quantitative estimate of drug-likeness (QED) is 0.354. The van der Waals surface area contributed by atoms with Crippen molar-refractivity contribution in [2.45, 2.75) is 44.2 Å². The number of rotatable bonds is 7. The smallest absolute Gasteiger partial charge is 0.256 e. The standard InChI is InChI=1S/C37H39Cl2N7O5/c1-43-20-29(27-18-40-19-28(27)36(43)50)25-16-31(39)26(17-30(25)38)37(51)46-14-12-45(13-15-46)34(48)21-44-10-8-23(9-11-44)22-2-4-24(5-3-22)41-32-6-7-33(47)42-35(32)49/h2-5,16-18,20,23,32,41H,6-15,19,21H2,1H3,(H,42,47,49). The summed E-state index contributed by atoms with van der Waals surface area (Å²) in [6, 6.07) is 11.0. The fraction of sp³-hybridized carbons (Fsp3) is 0.405. The topological polar surface area (TPSA) is 136 Å². The Labute approximate surface area is 305 Å². The molecule has 7 rings (SSSR count). The number of aliphatic imine (C=N–C) groups is 1. The molecule has 4 aliphatic heterocycles. The van der Waals surface area contributed by atoms with Crippen LogP contribution in [0.4, 0.5) is 5.69 Å². The van der Waals surface area contributed by atoms with E-state index in [1.54, 1.807) is 36.5 Å². The lowest BCUT2D eigenvalue weighted by atomic mass is 9.89. The van der Waals surface area contributed by atoms with E-state index < -0.39 is 6.04 Å². The second-order valence-electron chi connectivity index (χ2n) is 13.6. The molecule has 4 amide bonds. The van der Waals surface area contributed by atoms with Gasteiger partial charge in [0.2, 0.25) is 17.7 Å². The number of nitrogens with one attached hydrogen (secondary N) is 2. The number of pyridine rings is 1. The van der Waals surface area contributed by atoms with Gasteiger partial charge < -0.3 is 19.7 Å². The molecule has 0 spiro atoms. The largest absolute Gasteiger partial charge is 0.374 e. The predicted octanol–water partition coefficient (Wildman–Crippen LogP) is 3.67. The molecule has 12 nitrogen and oxygen atoms in total. The van der Waals surface area contributed by atoms with E-state index in [9.17, 15) is 24.0 Å². The number of aromatic nitrogens is 1. The van der Waals surface area contributed by atoms with Gasteiger partial charge in [-0.15, -0.1) is 0 Å². The van der Waals surface area contributed by atoms with Crippen LogP contribution in [0.5, 0.6) is 0 Å². The van der Waals surface area contributed by atoms with Crippen LogP contribution in [0, 0.1) is 0 Å². The van der Waals surface area contributed by atoms with E-state index in [1.165, 1.54) is 10.1 Å². The molecule has 1 atom stereocenters. The maximum absolute atomic E-state index is 13.6. The second-order valence-corrected chi connectivity index (χ2v) is 14.4. The molecule has 51 heavy (non-hydrogen) atoms. The molecule has 1 aromatic heterocycles. The molecule has 3 saturated heterocycles. The number of piperazine rings is 1. The third-order valence-electron chi connectivity index (χ3n) is 10.4. The maximum Gasteiger partial charge on any atom is 0.256 e. The lowest BCUT2D eigenvalue weighted by molar-refractivity contribution is -0.135. The van der Waals surface area contributed by atoms with E-state index in [2.05, 4.69) is 32.7 Å². The van der Waals surface area contributed by atoms with Crippen LogP contribution >= 0.6 is 23.2 Å². The number of hydrogen-bond acceptors (Lipinski definition) is 8. The molecule has 0 aliphatic carbocycles. The molecule has 5 heterocycles. The van der Waals surface area contributed by atoms with Crippen LogP contribution in [0.2, 0.25) is 10.0 Å². The van der Waals surface area contributed by atoms with E-state index in [-0.39, 0.29) is 34.2 Å². The summed E-state index contributed by atoms with van der Waals surface area (Å²) >= 11 is 13.4.